The van der Waals surface area contributed by atoms with Gasteiger partial charge in [-0.2, -0.15) is 0 Å². The number of ether oxygens (including phenoxy) is 3. The summed E-state index contributed by atoms with van der Waals surface area (Å²) in [7, 11) is 1.54. The number of carbonyl (C=O) groups excluding carboxylic acids is 1. The SMILES string of the molecule is COc1ccc(Cl)cc1NC(=O)NCCc1ccc2c(c1)OCCO2. The summed E-state index contributed by atoms with van der Waals surface area (Å²) in [6.45, 7) is 1.61. The van der Waals surface area contributed by atoms with E-state index in [2.05, 4.69) is 10.6 Å². The first-order chi connectivity index (χ1) is 12.2. The highest BCUT2D eigenvalue weighted by atomic mass is 35.5. The summed E-state index contributed by atoms with van der Waals surface area (Å²) in [5, 5.41) is 6.06. The first-order valence-corrected chi connectivity index (χ1v) is 8.30. The molecule has 2 N–H and O–H groups in total. The highest BCUT2D eigenvalue weighted by Gasteiger charge is 2.12. The molecule has 0 saturated carbocycles. The fraction of sp³-hybridized carbons (Fsp3) is 0.278. The smallest absolute Gasteiger partial charge is 0.319 e. The van der Waals surface area contributed by atoms with E-state index in [9.17, 15) is 4.79 Å². The normalized spacial score (nSPS) is 12.4. The van der Waals surface area contributed by atoms with Crippen LogP contribution in [0, 0.1) is 0 Å². The van der Waals surface area contributed by atoms with Crippen molar-refractivity contribution in [1.29, 1.82) is 0 Å². The molecule has 0 bridgehead atoms. The summed E-state index contributed by atoms with van der Waals surface area (Å²) in [6, 6.07) is 10.5. The number of carbonyl (C=O) groups is 1. The lowest BCUT2D eigenvalue weighted by Gasteiger charge is -2.19. The topological polar surface area (TPSA) is 68.8 Å². The molecule has 0 unspecified atom stereocenters. The fourth-order valence-corrected chi connectivity index (χ4v) is 2.68. The first-order valence-electron chi connectivity index (χ1n) is 7.92. The van der Waals surface area contributed by atoms with Crippen molar-refractivity contribution >= 4 is 23.3 Å². The molecule has 2 aromatic carbocycles. The Morgan fingerprint density at radius 2 is 1.96 bits per heavy atom. The van der Waals surface area contributed by atoms with Gasteiger partial charge in [0.25, 0.3) is 0 Å². The summed E-state index contributed by atoms with van der Waals surface area (Å²) in [6.07, 6.45) is 0.677. The van der Waals surface area contributed by atoms with Gasteiger partial charge in [-0.05, 0) is 42.3 Å². The molecule has 0 spiro atoms. The number of anilines is 1. The maximum Gasteiger partial charge on any atom is 0.319 e. The molecule has 3 rings (SSSR count). The van der Waals surface area contributed by atoms with Crippen LogP contribution >= 0.6 is 11.6 Å². The zero-order valence-electron chi connectivity index (χ0n) is 13.8. The Kier molecular flexibility index (Phi) is 5.50. The van der Waals surface area contributed by atoms with Gasteiger partial charge < -0.3 is 24.8 Å². The monoisotopic (exact) mass is 362 g/mol. The summed E-state index contributed by atoms with van der Waals surface area (Å²) >= 11 is 5.95. The van der Waals surface area contributed by atoms with Crippen LogP contribution < -0.4 is 24.8 Å². The lowest BCUT2D eigenvalue weighted by Crippen LogP contribution is -2.30. The third-order valence-corrected chi connectivity index (χ3v) is 3.95. The molecule has 0 aliphatic carbocycles. The molecule has 2 amide bonds. The van der Waals surface area contributed by atoms with E-state index in [-0.39, 0.29) is 6.03 Å². The van der Waals surface area contributed by atoms with Crippen LogP contribution in [0.25, 0.3) is 0 Å². The van der Waals surface area contributed by atoms with Crippen molar-refractivity contribution < 1.29 is 19.0 Å². The zero-order chi connectivity index (χ0) is 17.6. The summed E-state index contributed by atoms with van der Waals surface area (Å²) in [5.41, 5.74) is 1.58. The summed E-state index contributed by atoms with van der Waals surface area (Å²) in [5.74, 6) is 2.05. The molecule has 6 nitrogen and oxygen atoms in total. The van der Waals surface area contributed by atoms with Gasteiger partial charge in [0.05, 0.1) is 12.8 Å². The molecule has 1 aliphatic heterocycles. The molecule has 1 heterocycles. The maximum absolute atomic E-state index is 12.0. The Bertz CT molecular complexity index is 767. The van der Waals surface area contributed by atoms with E-state index in [1.807, 2.05) is 18.2 Å². The zero-order valence-corrected chi connectivity index (χ0v) is 14.6. The van der Waals surface area contributed by atoms with Crippen LogP contribution in [0.1, 0.15) is 5.56 Å². The first kappa shape index (κ1) is 17.2. The fourth-order valence-electron chi connectivity index (χ4n) is 2.51. The molecule has 0 atom stereocenters. The number of urea groups is 1. The number of rotatable bonds is 5. The van der Waals surface area contributed by atoms with E-state index < -0.39 is 0 Å². The van der Waals surface area contributed by atoms with Gasteiger partial charge in [-0.1, -0.05) is 17.7 Å². The van der Waals surface area contributed by atoms with Gasteiger partial charge in [-0.25, -0.2) is 4.79 Å². The van der Waals surface area contributed by atoms with Gasteiger partial charge in [0.1, 0.15) is 19.0 Å². The van der Waals surface area contributed by atoms with E-state index in [0.717, 1.165) is 17.1 Å². The van der Waals surface area contributed by atoms with Crippen molar-refractivity contribution in [3.63, 3.8) is 0 Å². The largest absolute Gasteiger partial charge is 0.495 e. The Balaban J connectivity index is 1.52. The molecular weight excluding hydrogens is 344 g/mol. The van der Waals surface area contributed by atoms with Crippen molar-refractivity contribution in [2.45, 2.75) is 6.42 Å². The minimum atomic E-state index is -0.321. The number of hydrogen-bond donors (Lipinski definition) is 2. The van der Waals surface area contributed by atoms with Crippen molar-refractivity contribution in [2.24, 2.45) is 0 Å². The molecule has 0 aromatic heterocycles. The summed E-state index contributed by atoms with van der Waals surface area (Å²) < 4.78 is 16.2. The minimum absolute atomic E-state index is 0.321. The molecule has 1 aliphatic rings. The average Bonchev–Trinajstić information content (AvgIpc) is 2.62. The highest BCUT2D eigenvalue weighted by molar-refractivity contribution is 6.31. The number of amides is 2. The highest BCUT2D eigenvalue weighted by Crippen LogP contribution is 2.31. The van der Waals surface area contributed by atoms with Crippen molar-refractivity contribution in [3.8, 4) is 17.2 Å². The van der Waals surface area contributed by atoms with Crippen molar-refractivity contribution in [1.82, 2.24) is 5.32 Å². The van der Waals surface area contributed by atoms with E-state index in [1.165, 1.54) is 7.11 Å². The van der Waals surface area contributed by atoms with E-state index in [4.69, 9.17) is 25.8 Å². The van der Waals surface area contributed by atoms with Crippen LogP contribution in [0.15, 0.2) is 36.4 Å². The van der Waals surface area contributed by atoms with Crippen molar-refractivity contribution in [3.05, 3.63) is 47.0 Å². The third-order valence-electron chi connectivity index (χ3n) is 3.72. The predicted molar refractivity (Wildman–Crippen MR) is 96.2 cm³/mol. The molecular formula is C18H19ClN2O4. The average molecular weight is 363 g/mol. The molecule has 132 valence electrons. The second-order valence-electron chi connectivity index (χ2n) is 5.45. The number of nitrogens with one attached hydrogen (secondary N) is 2. The molecule has 2 aromatic rings. The molecule has 0 fully saturated rings. The van der Waals surface area contributed by atoms with Gasteiger partial charge in [0, 0.05) is 11.6 Å². The Morgan fingerprint density at radius 3 is 2.76 bits per heavy atom. The number of fused-ring (bicyclic) bond motifs is 1. The third kappa shape index (κ3) is 4.48. The molecule has 25 heavy (non-hydrogen) atoms. The van der Waals surface area contributed by atoms with Crippen LogP contribution in [-0.2, 0) is 6.42 Å². The number of methoxy groups -OCH3 is 1. The Morgan fingerprint density at radius 1 is 1.16 bits per heavy atom. The standard InChI is InChI=1S/C18H19ClN2O4/c1-23-15-5-3-13(19)11-14(15)21-18(22)20-7-6-12-2-4-16-17(10-12)25-9-8-24-16/h2-5,10-11H,6-9H2,1H3,(H2,20,21,22). The molecule has 7 heteroatoms. The second-order valence-corrected chi connectivity index (χ2v) is 5.89. The van der Waals surface area contributed by atoms with Crippen LogP contribution in [0.4, 0.5) is 10.5 Å². The van der Waals surface area contributed by atoms with E-state index in [1.54, 1.807) is 18.2 Å². The maximum atomic E-state index is 12.0. The van der Waals surface area contributed by atoms with E-state index >= 15 is 0 Å². The number of halogens is 1. The van der Waals surface area contributed by atoms with Gasteiger partial charge in [0.2, 0.25) is 0 Å². The molecule has 0 radical (unpaired) electrons. The number of hydrogen-bond acceptors (Lipinski definition) is 4. The van der Waals surface area contributed by atoms with Crippen LogP contribution in [-0.4, -0.2) is 32.9 Å². The lowest BCUT2D eigenvalue weighted by atomic mass is 10.1. The van der Waals surface area contributed by atoms with Crippen LogP contribution in [0.2, 0.25) is 5.02 Å². The summed E-state index contributed by atoms with van der Waals surface area (Å²) in [4.78, 5) is 12.0. The predicted octanol–water partition coefficient (Wildman–Crippen LogP) is 3.48. The lowest BCUT2D eigenvalue weighted by molar-refractivity contribution is 0.171. The second kappa shape index (κ2) is 7.98. The van der Waals surface area contributed by atoms with Gasteiger partial charge in [-0.15, -0.1) is 0 Å². The Labute approximate surface area is 151 Å². The number of benzene rings is 2. The van der Waals surface area contributed by atoms with Gasteiger partial charge in [0.15, 0.2) is 11.5 Å². The minimum Gasteiger partial charge on any atom is -0.495 e. The molecule has 0 saturated heterocycles. The quantitative estimate of drug-likeness (QED) is 0.854. The van der Waals surface area contributed by atoms with Gasteiger partial charge >= 0.3 is 6.03 Å². The van der Waals surface area contributed by atoms with Crippen molar-refractivity contribution in [2.75, 3.05) is 32.2 Å². The van der Waals surface area contributed by atoms with Crippen LogP contribution in [0.5, 0.6) is 17.2 Å². The van der Waals surface area contributed by atoms with E-state index in [0.29, 0.717) is 42.6 Å². The Hall–Kier alpha value is -2.60. The van der Waals surface area contributed by atoms with Gasteiger partial charge in [-0.3, -0.25) is 0 Å². The van der Waals surface area contributed by atoms with Crippen LogP contribution in [0.3, 0.4) is 0 Å².